The van der Waals surface area contributed by atoms with Gasteiger partial charge in [0.05, 0.1) is 0 Å². The zero-order chi connectivity index (χ0) is 12.3. The van der Waals surface area contributed by atoms with Gasteiger partial charge in [-0.15, -0.1) is 0 Å². The molecule has 1 aromatic heterocycles. The average molecular weight is 310 g/mol. The maximum Gasteiger partial charge on any atom is 0.0308 e. The zero-order valence-corrected chi connectivity index (χ0v) is 12.4. The first-order valence-electron chi connectivity index (χ1n) is 5.71. The highest BCUT2D eigenvalue weighted by Crippen LogP contribution is 2.26. The minimum atomic E-state index is 0.334. The van der Waals surface area contributed by atoms with Crippen molar-refractivity contribution < 1.29 is 0 Å². The standard InChI is InChI=1S/C14H16BrNS/c1-10(12-7-8-17-9-12)16-11(2)13-5-3-4-6-14(13)15/h3-11,16H,1-2H3. The summed E-state index contributed by atoms with van der Waals surface area (Å²) in [5, 5.41) is 7.94. The van der Waals surface area contributed by atoms with E-state index in [9.17, 15) is 0 Å². The van der Waals surface area contributed by atoms with E-state index >= 15 is 0 Å². The van der Waals surface area contributed by atoms with Gasteiger partial charge in [0.2, 0.25) is 0 Å². The van der Waals surface area contributed by atoms with Crippen LogP contribution in [-0.4, -0.2) is 0 Å². The number of rotatable bonds is 4. The topological polar surface area (TPSA) is 12.0 Å². The zero-order valence-electron chi connectivity index (χ0n) is 9.98. The second-order valence-corrected chi connectivity index (χ2v) is 5.82. The van der Waals surface area contributed by atoms with Crippen molar-refractivity contribution in [2.45, 2.75) is 25.9 Å². The summed E-state index contributed by atoms with van der Waals surface area (Å²) in [5.41, 5.74) is 2.66. The molecule has 0 saturated carbocycles. The van der Waals surface area contributed by atoms with Crippen LogP contribution in [0.2, 0.25) is 0 Å². The van der Waals surface area contributed by atoms with Crippen molar-refractivity contribution in [3.05, 3.63) is 56.7 Å². The molecule has 0 saturated heterocycles. The van der Waals surface area contributed by atoms with Gasteiger partial charge in [0.15, 0.2) is 0 Å². The lowest BCUT2D eigenvalue weighted by molar-refractivity contribution is 0.494. The van der Waals surface area contributed by atoms with Crippen LogP contribution in [0, 0.1) is 0 Å². The first-order valence-corrected chi connectivity index (χ1v) is 7.44. The van der Waals surface area contributed by atoms with Gasteiger partial charge in [0.1, 0.15) is 0 Å². The van der Waals surface area contributed by atoms with Gasteiger partial charge < -0.3 is 5.32 Å². The molecular weight excluding hydrogens is 294 g/mol. The van der Waals surface area contributed by atoms with Gasteiger partial charge in [-0.3, -0.25) is 0 Å². The molecule has 0 aliphatic heterocycles. The molecule has 1 nitrogen and oxygen atoms in total. The van der Waals surface area contributed by atoms with Crippen molar-refractivity contribution in [1.29, 1.82) is 0 Å². The predicted octanol–water partition coefficient (Wildman–Crippen LogP) is 4.92. The second kappa shape index (κ2) is 5.80. The maximum absolute atomic E-state index is 3.62. The number of nitrogens with one attached hydrogen (secondary N) is 1. The maximum atomic E-state index is 3.62. The molecule has 0 bridgehead atoms. The molecular formula is C14H16BrNS. The molecule has 0 spiro atoms. The van der Waals surface area contributed by atoms with Gasteiger partial charge in [0.25, 0.3) is 0 Å². The van der Waals surface area contributed by atoms with Gasteiger partial charge in [-0.25, -0.2) is 0 Å². The van der Waals surface area contributed by atoms with E-state index in [1.165, 1.54) is 11.1 Å². The van der Waals surface area contributed by atoms with Gasteiger partial charge in [-0.1, -0.05) is 34.1 Å². The van der Waals surface area contributed by atoms with Gasteiger partial charge in [-0.2, -0.15) is 11.3 Å². The minimum Gasteiger partial charge on any atom is -0.304 e. The quantitative estimate of drug-likeness (QED) is 0.845. The fraction of sp³-hybridized carbons (Fsp3) is 0.286. The number of thiophene rings is 1. The summed E-state index contributed by atoms with van der Waals surface area (Å²) >= 11 is 5.34. The fourth-order valence-corrected chi connectivity index (χ4v) is 3.29. The lowest BCUT2D eigenvalue weighted by Crippen LogP contribution is -2.22. The molecule has 0 aliphatic carbocycles. The van der Waals surface area contributed by atoms with Crippen LogP contribution >= 0.6 is 27.3 Å². The highest BCUT2D eigenvalue weighted by molar-refractivity contribution is 9.10. The predicted molar refractivity (Wildman–Crippen MR) is 78.4 cm³/mol. The molecule has 1 N–H and O–H groups in total. The van der Waals surface area contributed by atoms with E-state index in [0.717, 1.165) is 4.47 Å². The largest absolute Gasteiger partial charge is 0.304 e. The highest BCUT2D eigenvalue weighted by Gasteiger charge is 2.13. The van der Waals surface area contributed by atoms with Crippen molar-refractivity contribution in [2.75, 3.05) is 0 Å². The summed E-state index contributed by atoms with van der Waals surface area (Å²) < 4.78 is 1.16. The van der Waals surface area contributed by atoms with Crippen LogP contribution in [0.4, 0.5) is 0 Å². The fourth-order valence-electron chi connectivity index (χ4n) is 1.91. The summed E-state index contributed by atoms with van der Waals surface area (Å²) in [5.74, 6) is 0. The van der Waals surface area contributed by atoms with Crippen molar-refractivity contribution in [3.63, 3.8) is 0 Å². The van der Waals surface area contributed by atoms with Gasteiger partial charge in [-0.05, 0) is 47.9 Å². The van der Waals surface area contributed by atoms with E-state index in [0.29, 0.717) is 12.1 Å². The normalized spacial score (nSPS) is 14.5. The number of benzene rings is 1. The molecule has 0 radical (unpaired) electrons. The van der Waals surface area contributed by atoms with Crippen LogP contribution in [-0.2, 0) is 0 Å². The molecule has 0 fully saturated rings. The third-order valence-electron chi connectivity index (χ3n) is 2.91. The van der Waals surface area contributed by atoms with Crippen LogP contribution in [0.3, 0.4) is 0 Å². The second-order valence-electron chi connectivity index (χ2n) is 4.19. The molecule has 2 atom stereocenters. The lowest BCUT2D eigenvalue weighted by Gasteiger charge is -2.20. The first-order chi connectivity index (χ1) is 8.18. The van der Waals surface area contributed by atoms with E-state index in [1.54, 1.807) is 11.3 Å². The highest BCUT2D eigenvalue weighted by atomic mass is 79.9. The van der Waals surface area contributed by atoms with Crippen LogP contribution in [0.25, 0.3) is 0 Å². The minimum absolute atomic E-state index is 0.334. The Morgan fingerprint density at radius 2 is 1.88 bits per heavy atom. The third-order valence-corrected chi connectivity index (χ3v) is 4.34. The van der Waals surface area contributed by atoms with Crippen LogP contribution in [0.1, 0.15) is 37.1 Å². The lowest BCUT2D eigenvalue weighted by atomic mass is 10.1. The van der Waals surface area contributed by atoms with Crippen molar-refractivity contribution in [3.8, 4) is 0 Å². The smallest absolute Gasteiger partial charge is 0.0308 e. The Morgan fingerprint density at radius 3 is 2.53 bits per heavy atom. The van der Waals surface area contributed by atoms with E-state index in [1.807, 2.05) is 6.07 Å². The molecule has 17 heavy (non-hydrogen) atoms. The summed E-state index contributed by atoms with van der Waals surface area (Å²) in [6.07, 6.45) is 0. The van der Waals surface area contributed by atoms with Crippen molar-refractivity contribution in [2.24, 2.45) is 0 Å². The molecule has 3 heteroatoms. The van der Waals surface area contributed by atoms with E-state index in [4.69, 9.17) is 0 Å². The van der Waals surface area contributed by atoms with Crippen molar-refractivity contribution >= 4 is 27.3 Å². The molecule has 0 amide bonds. The Bertz CT molecular complexity index is 467. The summed E-state index contributed by atoms with van der Waals surface area (Å²) in [7, 11) is 0. The van der Waals surface area contributed by atoms with E-state index < -0.39 is 0 Å². The van der Waals surface area contributed by atoms with E-state index in [-0.39, 0.29) is 0 Å². The monoisotopic (exact) mass is 309 g/mol. The Kier molecular flexibility index (Phi) is 4.37. The van der Waals surface area contributed by atoms with Gasteiger partial charge >= 0.3 is 0 Å². The van der Waals surface area contributed by atoms with Crippen LogP contribution in [0.5, 0.6) is 0 Å². The molecule has 1 aromatic carbocycles. The Hall–Kier alpha value is -0.640. The molecule has 2 unspecified atom stereocenters. The number of hydrogen-bond donors (Lipinski definition) is 1. The van der Waals surface area contributed by atoms with Crippen LogP contribution in [0.15, 0.2) is 45.6 Å². The average Bonchev–Trinajstić information content (AvgIpc) is 2.82. The van der Waals surface area contributed by atoms with Crippen molar-refractivity contribution in [1.82, 2.24) is 5.32 Å². The SMILES string of the molecule is CC(NC(C)c1ccccc1Br)c1ccsc1. The summed E-state index contributed by atoms with van der Waals surface area (Å²) in [6.45, 7) is 4.40. The third kappa shape index (κ3) is 3.18. The summed E-state index contributed by atoms with van der Waals surface area (Å²) in [4.78, 5) is 0. The molecule has 2 aromatic rings. The van der Waals surface area contributed by atoms with Crippen LogP contribution < -0.4 is 5.32 Å². The molecule has 2 rings (SSSR count). The van der Waals surface area contributed by atoms with E-state index in [2.05, 4.69) is 70.1 Å². The number of hydrogen-bond acceptors (Lipinski definition) is 2. The van der Waals surface area contributed by atoms with Gasteiger partial charge in [0, 0.05) is 16.6 Å². The Balaban J connectivity index is 2.07. The number of halogens is 1. The molecule has 0 aliphatic rings. The Labute approximate surface area is 115 Å². The molecule has 90 valence electrons. The molecule has 1 heterocycles. The first kappa shape index (κ1) is 12.8. The summed E-state index contributed by atoms with van der Waals surface area (Å²) in [6, 6.07) is 11.2. The Morgan fingerprint density at radius 1 is 1.12 bits per heavy atom.